The molecule has 3 rings (SSSR count). The van der Waals surface area contributed by atoms with Crippen LogP contribution in [0.5, 0.6) is 0 Å². The number of carbonyl (C=O) groups is 1. The first-order valence-corrected chi connectivity index (χ1v) is 6.39. The maximum absolute atomic E-state index is 12.5. The number of fused-ring (bicyclic) bond motifs is 1. The second-order valence-corrected chi connectivity index (χ2v) is 5.02. The Balaban J connectivity index is 2.09. The van der Waals surface area contributed by atoms with Crippen LogP contribution in [0.3, 0.4) is 0 Å². The maximum Gasteiger partial charge on any atom is 0.168 e. The van der Waals surface area contributed by atoms with E-state index in [1.807, 2.05) is 31.2 Å². The molecule has 0 bridgehead atoms. The summed E-state index contributed by atoms with van der Waals surface area (Å²) in [5.41, 5.74) is 3.02. The van der Waals surface area contributed by atoms with Gasteiger partial charge in [0, 0.05) is 28.1 Å². The predicted molar refractivity (Wildman–Crippen MR) is 69.3 cm³/mol. The van der Waals surface area contributed by atoms with Crippen LogP contribution in [-0.2, 0) is 0 Å². The molecule has 2 aromatic rings. The first-order chi connectivity index (χ1) is 8.27. The Morgan fingerprint density at radius 1 is 1.24 bits per heavy atom. The summed E-state index contributed by atoms with van der Waals surface area (Å²) in [6.07, 6.45) is 4.55. The number of benzene rings is 1. The van der Waals surface area contributed by atoms with Crippen LogP contribution < -0.4 is 0 Å². The number of hydrogen-bond acceptors (Lipinski definition) is 1. The van der Waals surface area contributed by atoms with Gasteiger partial charge in [-0.25, -0.2) is 0 Å². The second kappa shape index (κ2) is 4.02. The molecule has 88 valence electrons. The van der Waals surface area contributed by atoms with Gasteiger partial charge < -0.3 is 4.98 Å². The van der Waals surface area contributed by atoms with Gasteiger partial charge in [-0.2, -0.15) is 0 Å². The highest BCUT2D eigenvalue weighted by molar-refractivity contribution is 6.10. The SMILES string of the molecule is Cc1[nH]c2ccccc2c1C(=O)C1CCCC1. The van der Waals surface area contributed by atoms with Gasteiger partial charge in [0.2, 0.25) is 0 Å². The van der Waals surface area contributed by atoms with Crippen LogP contribution in [0.4, 0.5) is 0 Å². The van der Waals surface area contributed by atoms with Gasteiger partial charge in [-0.15, -0.1) is 0 Å². The Bertz CT molecular complexity index is 561. The van der Waals surface area contributed by atoms with Crippen molar-refractivity contribution in [3.05, 3.63) is 35.5 Å². The van der Waals surface area contributed by atoms with E-state index in [-0.39, 0.29) is 5.92 Å². The van der Waals surface area contributed by atoms with Crippen LogP contribution in [0, 0.1) is 12.8 Å². The van der Waals surface area contributed by atoms with Crippen molar-refractivity contribution in [3.8, 4) is 0 Å². The van der Waals surface area contributed by atoms with E-state index < -0.39 is 0 Å². The molecule has 1 N–H and O–H groups in total. The second-order valence-electron chi connectivity index (χ2n) is 5.02. The monoisotopic (exact) mass is 227 g/mol. The molecule has 0 radical (unpaired) electrons. The van der Waals surface area contributed by atoms with Crippen molar-refractivity contribution in [1.29, 1.82) is 0 Å². The third-order valence-corrected chi connectivity index (χ3v) is 3.87. The number of H-pyrrole nitrogens is 1. The van der Waals surface area contributed by atoms with E-state index in [4.69, 9.17) is 0 Å². The molecule has 1 aliphatic carbocycles. The number of Topliss-reactive ketones (excluding diaryl/α,β-unsaturated/α-hetero) is 1. The van der Waals surface area contributed by atoms with E-state index in [0.717, 1.165) is 35.0 Å². The minimum atomic E-state index is 0.257. The maximum atomic E-state index is 12.5. The summed E-state index contributed by atoms with van der Waals surface area (Å²) in [6.45, 7) is 2.00. The number of rotatable bonds is 2. The molecule has 0 atom stereocenters. The summed E-state index contributed by atoms with van der Waals surface area (Å²) < 4.78 is 0. The van der Waals surface area contributed by atoms with Crippen LogP contribution in [0.25, 0.3) is 10.9 Å². The zero-order valence-electron chi connectivity index (χ0n) is 10.1. The smallest absolute Gasteiger partial charge is 0.168 e. The lowest BCUT2D eigenvalue weighted by atomic mass is 9.94. The van der Waals surface area contributed by atoms with Crippen molar-refractivity contribution in [2.45, 2.75) is 32.6 Å². The zero-order valence-corrected chi connectivity index (χ0v) is 10.1. The lowest BCUT2D eigenvalue weighted by molar-refractivity contribution is 0.0924. The van der Waals surface area contributed by atoms with Gasteiger partial charge in [-0.05, 0) is 25.8 Å². The highest BCUT2D eigenvalue weighted by Crippen LogP contribution is 2.32. The predicted octanol–water partition coefficient (Wildman–Crippen LogP) is 3.85. The molecule has 1 saturated carbocycles. The van der Waals surface area contributed by atoms with Crippen molar-refractivity contribution < 1.29 is 4.79 Å². The molecule has 0 saturated heterocycles. The zero-order chi connectivity index (χ0) is 11.8. The van der Waals surface area contributed by atoms with Gasteiger partial charge in [0.05, 0.1) is 0 Å². The van der Waals surface area contributed by atoms with Gasteiger partial charge in [0.15, 0.2) is 5.78 Å². The molecule has 2 heteroatoms. The Kier molecular flexibility index (Phi) is 2.50. The highest BCUT2D eigenvalue weighted by atomic mass is 16.1. The van der Waals surface area contributed by atoms with Crippen molar-refractivity contribution in [1.82, 2.24) is 4.98 Å². The molecule has 1 heterocycles. The molecule has 2 nitrogen and oxygen atoms in total. The van der Waals surface area contributed by atoms with E-state index in [9.17, 15) is 4.79 Å². The summed E-state index contributed by atoms with van der Waals surface area (Å²) in [7, 11) is 0. The molecular weight excluding hydrogens is 210 g/mol. The summed E-state index contributed by atoms with van der Waals surface area (Å²) in [6, 6.07) is 8.08. The van der Waals surface area contributed by atoms with E-state index in [1.54, 1.807) is 0 Å². The minimum Gasteiger partial charge on any atom is -0.358 e. The number of nitrogens with one attached hydrogen (secondary N) is 1. The standard InChI is InChI=1S/C15H17NO/c1-10-14(15(17)11-6-2-3-7-11)12-8-4-5-9-13(12)16-10/h4-5,8-9,11,16H,2-3,6-7H2,1H3. The highest BCUT2D eigenvalue weighted by Gasteiger charge is 2.26. The van der Waals surface area contributed by atoms with E-state index >= 15 is 0 Å². The van der Waals surface area contributed by atoms with Crippen LogP contribution in [0.1, 0.15) is 41.7 Å². The normalized spacial score (nSPS) is 16.8. The fourth-order valence-electron chi connectivity index (χ4n) is 2.99. The quantitative estimate of drug-likeness (QED) is 0.777. The van der Waals surface area contributed by atoms with Crippen LogP contribution >= 0.6 is 0 Å². The largest absolute Gasteiger partial charge is 0.358 e. The summed E-state index contributed by atoms with van der Waals surface area (Å²) in [4.78, 5) is 15.8. The number of ketones is 1. The molecular formula is C15H17NO. The van der Waals surface area contributed by atoms with Crippen LogP contribution in [0.2, 0.25) is 0 Å². The number of para-hydroxylation sites is 1. The summed E-state index contributed by atoms with van der Waals surface area (Å²) in [5.74, 6) is 0.602. The molecule has 17 heavy (non-hydrogen) atoms. The van der Waals surface area contributed by atoms with Crippen LogP contribution in [-0.4, -0.2) is 10.8 Å². The Labute approximate surface area is 101 Å². The number of hydrogen-bond donors (Lipinski definition) is 1. The average Bonchev–Trinajstić information content (AvgIpc) is 2.94. The van der Waals surface area contributed by atoms with Crippen molar-refractivity contribution >= 4 is 16.7 Å². The third-order valence-electron chi connectivity index (χ3n) is 3.87. The molecule has 1 fully saturated rings. The number of carbonyl (C=O) groups excluding carboxylic acids is 1. The first kappa shape index (κ1) is 10.6. The third kappa shape index (κ3) is 1.68. The number of aromatic amines is 1. The topological polar surface area (TPSA) is 32.9 Å². The van der Waals surface area contributed by atoms with Gasteiger partial charge in [0.25, 0.3) is 0 Å². The molecule has 1 aliphatic rings. The van der Waals surface area contributed by atoms with E-state index in [1.165, 1.54) is 12.8 Å². The summed E-state index contributed by atoms with van der Waals surface area (Å²) in [5, 5.41) is 1.09. The van der Waals surface area contributed by atoms with Gasteiger partial charge >= 0.3 is 0 Å². The van der Waals surface area contributed by atoms with Crippen molar-refractivity contribution in [2.24, 2.45) is 5.92 Å². The molecule has 0 amide bonds. The van der Waals surface area contributed by atoms with Gasteiger partial charge in [-0.3, -0.25) is 4.79 Å². The van der Waals surface area contributed by atoms with Crippen LogP contribution in [0.15, 0.2) is 24.3 Å². The Hall–Kier alpha value is -1.57. The Morgan fingerprint density at radius 2 is 1.94 bits per heavy atom. The molecule has 1 aromatic heterocycles. The van der Waals surface area contributed by atoms with E-state index in [2.05, 4.69) is 4.98 Å². The van der Waals surface area contributed by atoms with Crippen molar-refractivity contribution in [2.75, 3.05) is 0 Å². The van der Waals surface area contributed by atoms with Gasteiger partial charge in [-0.1, -0.05) is 31.0 Å². The number of aryl methyl sites for hydroxylation is 1. The molecule has 1 aromatic carbocycles. The molecule has 0 unspecified atom stereocenters. The Morgan fingerprint density at radius 3 is 2.71 bits per heavy atom. The number of aromatic nitrogens is 1. The first-order valence-electron chi connectivity index (χ1n) is 6.39. The fourth-order valence-corrected chi connectivity index (χ4v) is 2.99. The average molecular weight is 227 g/mol. The molecule has 0 aliphatic heterocycles. The lowest BCUT2D eigenvalue weighted by Crippen LogP contribution is -2.11. The minimum absolute atomic E-state index is 0.257. The fraction of sp³-hybridized carbons (Fsp3) is 0.400. The summed E-state index contributed by atoms with van der Waals surface area (Å²) >= 11 is 0. The van der Waals surface area contributed by atoms with E-state index in [0.29, 0.717) is 5.78 Å². The molecule has 0 spiro atoms. The lowest BCUT2D eigenvalue weighted by Gasteiger charge is -2.07. The van der Waals surface area contributed by atoms with Gasteiger partial charge in [0.1, 0.15) is 0 Å². The van der Waals surface area contributed by atoms with Crippen molar-refractivity contribution in [3.63, 3.8) is 0 Å².